The van der Waals surface area contributed by atoms with E-state index >= 15 is 0 Å². The van der Waals surface area contributed by atoms with Crippen molar-refractivity contribution in [2.24, 2.45) is 35.5 Å². The fourth-order valence-corrected chi connectivity index (χ4v) is 9.17. The first kappa shape index (κ1) is 38.1. The van der Waals surface area contributed by atoms with Gasteiger partial charge >= 0.3 is 12.4 Å². The molecule has 3 saturated carbocycles. The Morgan fingerprint density at radius 1 is 0.638 bits per heavy atom. The molecule has 4 rings (SSSR count). The first-order valence-electron chi connectivity index (χ1n) is 19.0. The maximum absolute atomic E-state index is 14.1. The number of halogens is 6. The zero-order valence-electron chi connectivity index (χ0n) is 29.2. The predicted octanol–water partition coefficient (Wildman–Crippen LogP) is 13.7. The van der Waals surface area contributed by atoms with Crippen molar-refractivity contribution in [3.63, 3.8) is 0 Å². The molecular formula is C40H60F6O. The van der Waals surface area contributed by atoms with Crippen LogP contribution in [0.5, 0.6) is 5.75 Å². The Balaban J connectivity index is 1.17. The second-order valence-electron chi connectivity index (χ2n) is 15.2. The summed E-state index contributed by atoms with van der Waals surface area (Å²) in [6.07, 6.45) is 18.2. The van der Waals surface area contributed by atoms with Gasteiger partial charge in [0, 0.05) is 0 Å². The number of alkyl halides is 6. The van der Waals surface area contributed by atoms with Crippen molar-refractivity contribution >= 4 is 0 Å². The zero-order valence-corrected chi connectivity index (χ0v) is 29.2. The third-order valence-corrected chi connectivity index (χ3v) is 11.9. The minimum atomic E-state index is -5.15. The molecule has 0 spiro atoms. The van der Waals surface area contributed by atoms with Gasteiger partial charge < -0.3 is 4.74 Å². The highest BCUT2D eigenvalue weighted by atomic mass is 19.4. The number of aryl methyl sites for hydroxylation is 1. The number of unbranched alkanes of at least 4 members (excludes halogenated alkanes) is 3. The van der Waals surface area contributed by atoms with E-state index in [1.54, 1.807) is 0 Å². The molecule has 3 fully saturated rings. The number of hydrogen-bond acceptors (Lipinski definition) is 1. The summed E-state index contributed by atoms with van der Waals surface area (Å²) in [6.45, 7) is 5.07. The largest absolute Gasteiger partial charge is 0.493 e. The van der Waals surface area contributed by atoms with Crippen LogP contribution >= 0.6 is 0 Å². The molecule has 0 saturated heterocycles. The van der Waals surface area contributed by atoms with Gasteiger partial charge in [-0.15, -0.1) is 0 Å². The fraction of sp³-hybridized carbons (Fsp3) is 0.800. The van der Waals surface area contributed by atoms with Gasteiger partial charge in [-0.25, -0.2) is 0 Å². The van der Waals surface area contributed by atoms with Crippen LogP contribution in [0, 0.1) is 42.4 Å². The lowest BCUT2D eigenvalue weighted by Crippen LogP contribution is -2.25. The summed E-state index contributed by atoms with van der Waals surface area (Å²) < 4.78 is 88.8. The Hall–Kier alpha value is -1.66. The van der Waals surface area contributed by atoms with Crippen LogP contribution in [0.3, 0.4) is 0 Å². The lowest BCUT2D eigenvalue weighted by atomic mass is 9.68. The summed E-state index contributed by atoms with van der Waals surface area (Å²) in [5.41, 5.74) is -3.29. The number of ether oxygens (including phenoxy) is 1. The quantitative estimate of drug-likeness (QED) is 0.109. The second-order valence-corrected chi connectivity index (χ2v) is 15.2. The molecule has 0 heterocycles. The standard InChI is InChI=1S/C40H60F6O/c1-4-6-7-10-29-13-15-31(16-14-29)17-18-32-21-25-34(26-22-32)33-23-19-30(20-24-33)11-8-9-12-35-28(3)27-36(47-5-2)38(40(44,45)46)37(35)39(41,42)43/h17-18,27,29-34H,4-16,19-26H2,1-3H3. The van der Waals surface area contributed by atoms with Crippen molar-refractivity contribution in [2.45, 2.75) is 162 Å². The van der Waals surface area contributed by atoms with E-state index in [9.17, 15) is 26.3 Å². The Morgan fingerprint density at radius 2 is 1.11 bits per heavy atom. The molecule has 0 bridgehead atoms. The van der Waals surface area contributed by atoms with Crippen LogP contribution in [0.2, 0.25) is 0 Å². The molecule has 47 heavy (non-hydrogen) atoms. The molecule has 0 aliphatic heterocycles. The van der Waals surface area contributed by atoms with Gasteiger partial charge in [0.1, 0.15) is 11.3 Å². The van der Waals surface area contributed by atoms with E-state index in [2.05, 4.69) is 19.1 Å². The van der Waals surface area contributed by atoms with Crippen molar-refractivity contribution in [3.05, 3.63) is 40.5 Å². The minimum Gasteiger partial charge on any atom is -0.493 e. The van der Waals surface area contributed by atoms with Crippen LogP contribution in [-0.4, -0.2) is 6.61 Å². The van der Waals surface area contributed by atoms with Crippen molar-refractivity contribution in [1.82, 2.24) is 0 Å². The van der Waals surface area contributed by atoms with Crippen molar-refractivity contribution in [2.75, 3.05) is 6.61 Å². The molecule has 268 valence electrons. The number of benzene rings is 1. The summed E-state index contributed by atoms with van der Waals surface area (Å²) >= 11 is 0. The third kappa shape index (κ3) is 11.2. The van der Waals surface area contributed by atoms with Gasteiger partial charge in [0.05, 0.1) is 12.2 Å². The molecule has 0 unspecified atom stereocenters. The maximum atomic E-state index is 14.1. The van der Waals surface area contributed by atoms with Crippen molar-refractivity contribution in [1.29, 1.82) is 0 Å². The lowest BCUT2D eigenvalue weighted by Gasteiger charge is -2.37. The van der Waals surface area contributed by atoms with E-state index in [1.807, 2.05) is 0 Å². The van der Waals surface area contributed by atoms with Gasteiger partial charge in [-0.2, -0.15) is 26.3 Å². The van der Waals surface area contributed by atoms with Crippen molar-refractivity contribution < 1.29 is 31.1 Å². The number of allylic oxidation sites excluding steroid dienone is 2. The van der Waals surface area contributed by atoms with E-state index < -0.39 is 29.2 Å². The summed E-state index contributed by atoms with van der Waals surface area (Å²) in [5.74, 6) is 3.95. The molecule has 3 aliphatic rings. The average molecular weight is 671 g/mol. The van der Waals surface area contributed by atoms with Crippen LogP contribution in [0.15, 0.2) is 18.2 Å². The van der Waals surface area contributed by atoms with Gasteiger partial charge in [-0.3, -0.25) is 0 Å². The predicted molar refractivity (Wildman–Crippen MR) is 180 cm³/mol. The summed E-state index contributed by atoms with van der Waals surface area (Å²) in [4.78, 5) is 0. The van der Waals surface area contributed by atoms with E-state index in [1.165, 1.54) is 117 Å². The first-order valence-corrected chi connectivity index (χ1v) is 19.0. The molecule has 0 amide bonds. The van der Waals surface area contributed by atoms with E-state index in [-0.39, 0.29) is 24.2 Å². The minimum absolute atomic E-state index is 0.0104. The Morgan fingerprint density at radius 3 is 1.60 bits per heavy atom. The van der Waals surface area contributed by atoms with Gasteiger partial charge in [0.15, 0.2) is 0 Å². The highest BCUT2D eigenvalue weighted by molar-refractivity contribution is 5.52. The maximum Gasteiger partial charge on any atom is 0.420 e. The number of rotatable bonds is 14. The monoisotopic (exact) mass is 670 g/mol. The third-order valence-electron chi connectivity index (χ3n) is 11.9. The molecule has 0 aromatic heterocycles. The molecule has 0 N–H and O–H groups in total. The normalized spacial score (nSPS) is 27.8. The zero-order chi connectivity index (χ0) is 34.0. The molecule has 1 aromatic carbocycles. The van der Waals surface area contributed by atoms with Gasteiger partial charge in [-0.1, -0.05) is 70.4 Å². The topological polar surface area (TPSA) is 9.23 Å². The van der Waals surface area contributed by atoms with Crippen LogP contribution in [0.25, 0.3) is 0 Å². The first-order chi connectivity index (χ1) is 22.4. The van der Waals surface area contributed by atoms with Crippen LogP contribution in [0.1, 0.15) is 158 Å². The summed E-state index contributed by atoms with van der Waals surface area (Å²) in [7, 11) is 0. The highest BCUT2D eigenvalue weighted by Gasteiger charge is 2.47. The van der Waals surface area contributed by atoms with Crippen LogP contribution in [-0.2, 0) is 18.8 Å². The van der Waals surface area contributed by atoms with E-state index in [0.717, 1.165) is 48.5 Å². The van der Waals surface area contributed by atoms with Crippen LogP contribution in [0.4, 0.5) is 26.3 Å². The average Bonchev–Trinajstić information content (AvgIpc) is 3.03. The van der Waals surface area contributed by atoms with Gasteiger partial charge in [-0.05, 0) is 144 Å². The molecule has 1 aromatic rings. The Kier molecular flexibility index (Phi) is 14.5. The summed E-state index contributed by atoms with van der Waals surface area (Å²) in [6, 6.07) is 1.13. The molecule has 3 aliphatic carbocycles. The Bertz CT molecular complexity index is 1100. The highest BCUT2D eigenvalue weighted by Crippen LogP contribution is 2.48. The second kappa shape index (κ2) is 17.8. The molecule has 1 nitrogen and oxygen atoms in total. The van der Waals surface area contributed by atoms with E-state index in [0.29, 0.717) is 12.3 Å². The summed E-state index contributed by atoms with van der Waals surface area (Å²) in [5, 5.41) is 0. The smallest absolute Gasteiger partial charge is 0.420 e. The van der Waals surface area contributed by atoms with Crippen LogP contribution < -0.4 is 4.74 Å². The molecule has 0 radical (unpaired) electrons. The molecular weight excluding hydrogens is 610 g/mol. The van der Waals surface area contributed by atoms with E-state index in [4.69, 9.17) is 4.74 Å². The molecule has 7 heteroatoms. The Labute approximate surface area is 280 Å². The van der Waals surface area contributed by atoms with Crippen molar-refractivity contribution in [3.8, 4) is 5.75 Å². The lowest BCUT2D eigenvalue weighted by molar-refractivity contribution is -0.163. The molecule has 0 atom stereocenters. The van der Waals surface area contributed by atoms with Gasteiger partial charge in [0.25, 0.3) is 0 Å². The fourth-order valence-electron chi connectivity index (χ4n) is 9.17. The van der Waals surface area contributed by atoms with Gasteiger partial charge in [0.2, 0.25) is 0 Å². The SMILES string of the molecule is CCCCCC1CCC(C=CC2CCC(C3CCC(CCCCc4c(C)cc(OCC)c(C(F)(F)F)c4C(F)(F)F)CC3)CC2)CC1. The number of hydrogen-bond donors (Lipinski definition) is 0.